The van der Waals surface area contributed by atoms with E-state index in [1.807, 2.05) is 34.9 Å². The summed E-state index contributed by atoms with van der Waals surface area (Å²) in [5.41, 5.74) is 2.26. The summed E-state index contributed by atoms with van der Waals surface area (Å²) in [5, 5.41) is 2.85. The molecule has 0 fully saturated rings. The highest BCUT2D eigenvalue weighted by molar-refractivity contribution is 9.10. The first-order valence-corrected chi connectivity index (χ1v) is 6.50. The van der Waals surface area contributed by atoms with Crippen LogP contribution in [-0.2, 0) is 0 Å². The van der Waals surface area contributed by atoms with Crippen LogP contribution in [0.2, 0.25) is 0 Å². The van der Waals surface area contributed by atoms with Gasteiger partial charge in [0.15, 0.2) is 0 Å². The number of nitrogens with zero attached hydrogens (tertiary/aromatic N) is 2. The molecule has 0 aliphatic heterocycles. The predicted octanol–water partition coefficient (Wildman–Crippen LogP) is 3.35. The van der Waals surface area contributed by atoms with Crippen molar-refractivity contribution in [2.75, 3.05) is 5.32 Å². The van der Waals surface area contributed by atoms with Crippen LogP contribution >= 0.6 is 15.9 Å². The average molecular weight is 316 g/mol. The zero-order valence-electron chi connectivity index (χ0n) is 9.88. The molecule has 0 spiro atoms. The molecule has 2 aromatic heterocycles. The van der Waals surface area contributed by atoms with Crippen LogP contribution in [0.25, 0.3) is 5.52 Å². The molecule has 1 aromatic carbocycles. The number of rotatable bonds is 2. The second-order valence-corrected chi connectivity index (χ2v) is 5.02. The largest absolute Gasteiger partial charge is 0.322 e. The Morgan fingerprint density at radius 3 is 2.79 bits per heavy atom. The van der Waals surface area contributed by atoms with E-state index in [-0.39, 0.29) is 5.91 Å². The zero-order valence-corrected chi connectivity index (χ0v) is 11.5. The van der Waals surface area contributed by atoms with Crippen molar-refractivity contribution in [1.29, 1.82) is 0 Å². The number of nitrogens with one attached hydrogen (secondary N) is 1. The first-order chi connectivity index (χ1) is 9.22. The lowest BCUT2D eigenvalue weighted by atomic mass is 10.2. The SMILES string of the molecule is O=C(Nc1ccc(Br)cc1)c1ccn2cncc2c1. The number of benzene rings is 1. The topological polar surface area (TPSA) is 46.4 Å². The van der Waals surface area contributed by atoms with Gasteiger partial charge in [-0.3, -0.25) is 4.79 Å². The van der Waals surface area contributed by atoms with Gasteiger partial charge in [-0.1, -0.05) is 15.9 Å². The molecule has 3 rings (SSSR count). The number of anilines is 1. The lowest BCUT2D eigenvalue weighted by Gasteiger charge is -2.05. The molecule has 0 unspecified atom stereocenters. The Labute approximate surface area is 118 Å². The Bertz CT molecular complexity index is 734. The maximum Gasteiger partial charge on any atom is 0.255 e. The van der Waals surface area contributed by atoms with Crippen LogP contribution < -0.4 is 5.32 Å². The van der Waals surface area contributed by atoms with Crippen molar-refractivity contribution in [3.63, 3.8) is 0 Å². The van der Waals surface area contributed by atoms with E-state index in [4.69, 9.17) is 0 Å². The summed E-state index contributed by atoms with van der Waals surface area (Å²) in [7, 11) is 0. The summed E-state index contributed by atoms with van der Waals surface area (Å²) in [6.45, 7) is 0. The second-order valence-electron chi connectivity index (χ2n) is 4.10. The normalized spacial score (nSPS) is 10.6. The van der Waals surface area contributed by atoms with Gasteiger partial charge in [0, 0.05) is 21.9 Å². The summed E-state index contributed by atoms with van der Waals surface area (Å²) < 4.78 is 2.84. The number of hydrogen-bond acceptors (Lipinski definition) is 2. The fourth-order valence-electron chi connectivity index (χ4n) is 1.80. The first kappa shape index (κ1) is 11.9. The van der Waals surface area contributed by atoms with Gasteiger partial charge < -0.3 is 9.72 Å². The number of imidazole rings is 1. The molecule has 19 heavy (non-hydrogen) atoms. The monoisotopic (exact) mass is 315 g/mol. The minimum atomic E-state index is -0.133. The van der Waals surface area contributed by atoms with Crippen molar-refractivity contribution < 1.29 is 4.79 Å². The van der Waals surface area contributed by atoms with E-state index in [1.54, 1.807) is 24.7 Å². The molecule has 94 valence electrons. The summed E-state index contributed by atoms with van der Waals surface area (Å²) >= 11 is 3.36. The van der Waals surface area contributed by atoms with Crippen LogP contribution in [0.15, 0.2) is 59.6 Å². The minimum absolute atomic E-state index is 0.133. The quantitative estimate of drug-likeness (QED) is 0.788. The molecule has 0 aliphatic carbocycles. The van der Waals surface area contributed by atoms with Crippen molar-refractivity contribution in [2.24, 2.45) is 0 Å². The zero-order chi connectivity index (χ0) is 13.2. The highest BCUT2D eigenvalue weighted by Crippen LogP contribution is 2.15. The average Bonchev–Trinajstić information content (AvgIpc) is 2.88. The number of pyridine rings is 1. The van der Waals surface area contributed by atoms with E-state index in [2.05, 4.69) is 26.2 Å². The Kier molecular flexibility index (Phi) is 3.05. The summed E-state index contributed by atoms with van der Waals surface area (Å²) in [6.07, 6.45) is 5.24. The van der Waals surface area contributed by atoms with E-state index >= 15 is 0 Å². The standard InChI is InChI=1S/C14H10BrN3O/c15-11-1-3-12(4-2-11)17-14(19)10-5-6-18-9-16-8-13(18)7-10/h1-9H,(H,17,19). The lowest BCUT2D eigenvalue weighted by Crippen LogP contribution is -2.11. The maximum absolute atomic E-state index is 12.1. The molecule has 2 heterocycles. The fraction of sp³-hybridized carbons (Fsp3) is 0. The Hall–Kier alpha value is -2.14. The van der Waals surface area contributed by atoms with E-state index in [0.717, 1.165) is 15.7 Å². The highest BCUT2D eigenvalue weighted by atomic mass is 79.9. The van der Waals surface area contributed by atoms with Crippen LogP contribution in [0, 0.1) is 0 Å². The van der Waals surface area contributed by atoms with Crippen molar-refractivity contribution in [3.05, 3.63) is 65.2 Å². The Balaban J connectivity index is 1.84. The van der Waals surface area contributed by atoms with E-state index in [1.165, 1.54) is 0 Å². The number of halogens is 1. The number of fused-ring (bicyclic) bond motifs is 1. The minimum Gasteiger partial charge on any atom is -0.322 e. The molecule has 0 atom stereocenters. The van der Waals surface area contributed by atoms with Crippen molar-refractivity contribution in [1.82, 2.24) is 9.38 Å². The summed E-state index contributed by atoms with van der Waals surface area (Å²) in [5.74, 6) is -0.133. The lowest BCUT2D eigenvalue weighted by molar-refractivity contribution is 0.102. The van der Waals surface area contributed by atoms with E-state index in [0.29, 0.717) is 5.56 Å². The number of carbonyl (C=O) groups excluding carboxylic acids is 1. The van der Waals surface area contributed by atoms with Gasteiger partial charge in [0.05, 0.1) is 18.0 Å². The third-order valence-electron chi connectivity index (χ3n) is 2.78. The summed E-state index contributed by atoms with van der Waals surface area (Å²) in [6, 6.07) is 11.0. The molecule has 0 saturated heterocycles. The van der Waals surface area contributed by atoms with Gasteiger partial charge in [0.1, 0.15) is 0 Å². The molecule has 1 N–H and O–H groups in total. The maximum atomic E-state index is 12.1. The van der Waals surface area contributed by atoms with Crippen LogP contribution in [0.3, 0.4) is 0 Å². The van der Waals surface area contributed by atoms with Gasteiger partial charge in [-0.25, -0.2) is 4.98 Å². The van der Waals surface area contributed by atoms with Crippen LogP contribution in [0.1, 0.15) is 10.4 Å². The smallest absolute Gasteiger partial charge is 0.255 e. The number of carbonyl (C=O) groups is 1. The molecule has 0 aliphatic rings. The van der Waals surface area contributed by atoms with Gasteiger partial charge in [-0.2, -0.15) is 0 Å². The van der Waals surface area contributed by atoms with Gasteiger partial charge in [0.25, 0.3) is 5.91 Å². The molecule has 1 amide bonds. The molecule has 3 aromatic rings. The number of hydrogen-bond donors (Lipinski definition) is 1. The highest BCUT2D eigenvalue weighted by Gasteiger charge is 2.07. The Morgan fingerprint density at radius 1 is 1.21 bits per heavy atom. The van der Waals surface area contributed by atoms with E-state index in [9.17, 15) is 4.79 Å². The molecular formula is C14H10BrN3O. The molecular weight excluding hydrogens is 306 g/mol. The molecule has 0 saturated carbocycles. The third kappa shape index (κ3) is 2.51. The third-order valence-corrected chi connectivity index (χ3v) is 3.31. The van der Waals surface area contributed by atoms with Crippen LogP contribution in [-0.4, -0.2) is 15.3 Å². The van der Waals surface area contributed by atoms with Crippen LogP contribution in [0.5, 0.6) is 0 Å². The van der Waals surface area contributed by atoms with Crippen molar-refractivity contribution in [2.45, 2.75) is 0 Å². The molecule has 5 heteroatoms. The molecule has 4 nitrogen and oxygen atoms in total. The van der Waals surface area contributed by atoms with Crippen molar-refractivity contribution >= 4 is 33.0 Å². The fourth-order valence-corrected chi connectivity index (χ4v) is 2.06. The number of aromatic nitrogens is 2. The van der Waals surface area contributed by atoms with Crippen LogP contribution in [0.4, 0.5) is 5.69 Å². The number of amides is 1. The predicted molar refractivity (Wildman–Crippen MR) is 77.3 cm³/mol. The first-order valence-electron chi connectivity index (χ1n) is 5.71. The molecule has 0 radical (unpaired) electrons. The van der Waals surface area contributed by atoms with Crippen molar-refractivity contribution in [3.8, 4) is 0 Å². The van der Waals surface area contributed by atoms with Gasteiger partial charge >= 0.3 is 0 Å². The second kappa shape index (κ2) is 4.85. The van der Waals surface area contributed by atoms with Gasteiger partial charge in [0.2, 0.25) is 0 Å². The molecule has 0 bridgehead atoms. The van der Waals surface area contributed by atoms with Gasteiger partial charge in [-0.15, -0.1) is 0 Å². The Morgan fingerprint density at radius 2 is 2.00 bits per heavy atom. The summed E-state index contributed by atoms with van der Waals surface area (Å²) in [4.78, 5) is 16.1. The van der Waals surface area contributed by atoms with Gasteiger partial charge in [-0.05, 0) is 36.4 Å². The van der Waals surface area contributed by atoms with E-state index < -0.39 is 0 Å².